The fraction of sp³-hybridized carbons (Fsp3) is 0.182. The fourth-order valence-electron chi connectivity index (χ4n) is 1.39. The number of amides is 1. The van der Waals surface area contributed by atoms with E-state index in [0.29, 0.717) is 4.34 Å². The van der Waals surface area contributed by atoms with Gasteiger partial charge in [0.25, 0.3) is 5.69 Å². The summed E-state index contributed by atoms with van der Waals surface area (Å²) in [5, 5.41) is 20.5. The Morgan fingerprint density at radius 2 is 2.25 bits per heavy atom. The van der Waals surface area contributed by atoms with E-state index in [9.17, 15) is 14.9 Å². The smallest absolute Gasteiger partial charge is 0.292 e. The maximum Gasteiger partial charge on any atom is 0.292 e. The molecule has 2 rings (SSSR count). The van der Waals surface area contributed by atoms with E-state index in [1.165, 1.54) is 35.2 Å². The van der Waals surface area contributed by atoms with E-state index in [2.05, 4.69) is 15.5 Å². The number of hydrogen-bond donors (Lipinski definition) is 1. The molecule has 1 heterocycles. The molecule has 1 amide bonds. The number of benzene rings is 1. The molecule has 1 N–H and O–H groups in total. The number of aromatic nitrogens is 2. The zero-order chi connectivity index (χ0) is 14.5. The van der Waals surface area contributed by atoms with Gasteiger partial charge < -0.3 is 5.32 Å². The molecule has 1 aromatic carbocycles. The van der Waals surface area contributed by atoms with Crippen LogP contribution in [0.1, 0.15) is 6.92 Å². The second-order valence-electron chi connectivity index (χ2n) is 3.73. The molecule has 0 aliphatic carbocycles. The maximum atomic E-state index is 12.0. The van der Waals surface area contributed by atoms with Crippen LogP contribution in [-0.2, 0) is 4.79 Å². The molecule has 0 saturated carbocycles. The molecule has 0 radical (unpaired) electrons. The number of anilines is 1. The van der Waals surface area contributed by atoms with E-state index in [1.807, 2.05) is 0 Å². The number of carbonyl (C=O) groups is 1. The van der Waals surface area contributed by atoms with Gasteiger partial charge in [0.15, 0.2) is 4.34 Å². The lowest BCUT2D eigenvalue weighted by Gasteiger charge is -2.10. The van der Waals surface area contributed by atoms with Crippen LogP contribution in [0, 0.1) is 10.1 Å². The standard InChI is InChI=1S/C11H10N4O3S2/c1-7(20-11-14-12-6-19-11)10(16)13-8-4-2-3-5-9(8)15(17)18/h2-7H,1H3,(H,13,16)/t7-/m1/s1. The second kappa shape index (κ2) is 6.44. The molecule has 0 spiro atoms. The largest absolute Gasteiger partial charge is 0.319 e. The van der Waals surface area contributed by atoms with E-state index in [0.717, 1.165) is 0 Å². The number of nitrogens with zero attached hydrogens (tertiary/aromatic N) is 3. The van der Waals surface area contributed by atoms with Gasteiger partial charge in [0.2, 0.25) is 5.91 Å². The van der Waals surface area contributed by atoms with Crippen LogP contribution in [0.3, 0.4) is 0 Å². The Morgan fingerprint density at radius 1 is 1.50 bits per heavy atom. The third-order valence-electron chi connectivity index (χ3n) is 2.35. The molecule has 1 aromatic heterocycles. The van der Waals surface area contributed by atoms with Gasteiger partial charge in [-0.2, -0.15) is 0 Å². The highest BCUT2D eigenvalue weighted by molar-refractivity contribution is 8.02. The highest BCUT2D eigenvalue weighted by Gasteiger charge is 2.20. The van der Waals surface area contributed by atoms with Crippen molar-refractivity contribution < 1.29 is 9.72 Å². The summed E-state index contributed by atoms with van der Waals surface area (Å²) in [4.78, 5) is 22.3. The van der Waals surface area contributed by atoms with Gasteiger partial charge in [-0.15, -0.1) is 10.2 Å². The summed E-state index contributed by atoms with van der Waals surface area (Å²) < 4.78 is 0.676. The minimum Gasteiger partial charge on any atom is -0.319 e. The van der Waals surface area contributed by atoms with E-state index in [4.69, 9.17) is 0 Å². The van der Waals surface area contributed by atoms with Crippen molar-refractivity contribution >= 4 is 40.4 Å². The average Bonchev–Trinajstić information content (AvgIpc) is 2.91. The zero-order valence-electron chi connectivity index (χ0n) is 10.3. The van der Waals surface area contributed by atoms with E-state index < -0.39 is 10.2 Å². The second-order valence-corrected chi connectivity index (χ2v) is 6.15. The number of nitro groups is 1. The monoisotopic (exact) mass is 310 g/mol. The van der Waals surface area contributed by atoms with Gasteiger partial charge in [-0.05, 0) is 13.0 Å². The molecule has 0 saturated heterocycles. The number of hydrogen-bond acceptors (Lipinski definition) is 7. The molecule has 9 heteroatoms. The Kier molecular flexibility index (Phi) is 4.64. The van der Waals surface area contributed by atoms with Crippen LogP contribution in [-0.4, -0.2) is 26.3 Å². The van der Waals surface area contributed by atoms with Crippen LogP contribution in [0.4, 0.5) is 11.4 Å². The van der Waals surface area contributed by atoms with E-state index >= 15 is 0 Å². The summed E-state index contributed by atoms with van der Waals surface area (Å²) in [6.45, 7) is 1.70. The van der Waals surface area contributed by atoms with Crippen molar-refractivity contribution in [1.29, 1.82) is 0 Å². The summed E-state index contributed by atoms with van der Waals surface area (Å²) in [7, 11) is 0. The van der Waals surface area contributed by atoms with Gasteiger partial charge in [0.05, 0.1) is 10.2 Å². The van der Waals surface area contributed by atoms with Crippen LogP contribution in [0.2, 0.25) is 0 Å². The van der Waals surface area contributed by atoms with Crippen molar-refractivity contribution in [3.8, 4) is 0 Å². The normalized spacial score (nSPS) is 11.8. The molecule has 2 aromatic rings. The van der Waals surface area contributed by atoms with Crippen LogP contribution in [0.15, 0.2) is 34.1 Å². The van der Waals surface area contributed by atoms with Crippen LogP contribution < -0.4 is 5.32 Å². The highest BCUT2D eigenvalue weighted by atomic mass is 32.2. The minimum atomic E-state index is -0.530. The van der Waals surface area contributed by atoms with Gasteiger partial charge in [0, 0.05) is 6.07 Å². The van der Waals surface area contributed by atoms with Gasteiger partial charge in [-0.25, -0.2) is 0 Å². The predicted molar refractivity (Wildman–Crippen MR) is 77.0 cm³/mol. The van der Waals surface area contributed by atoms with E-state index in [-0.39, 0.29) is 17.3 Å². The van der Waals surface area contributed by atoms with Gasteiger partial charge in [0.1, 0.15) is 11.2 Å². The van der Waals surface area contributed by atoms with Crippen molar-refractivity contribution in [2.45, 2.75) is 16.5 Å². The Labute approximate surface area is 122 Å². The summed E-state index contributed by atoms with van der Waals surface area (Å²) in [5.41, 5.74) is 1.64. The summed E-state index contributed by atoms with van der Waals surface area (Å²) in [6, 6.07) is 6.02. The van der Waals surface area contributed by atoms with Crippen molar-refractivity contribution in [2.24, 2.45) is 0 Å². The highest BCUT2D eigenvalue weighted by Crippen LogP contribution is 2.27. The Balaban J connectivity index is 2.06. The number of para-hydroxylation sites is 2. The Bertz CT molecular complexity index is 618. The SMILES string of the molecule is C[C@@H](Sc1nncs1)C(=O)Nc1ccccc1[N+](=O)[O-]. The first kappa shape index (κ1) is 14.4. The topological polar surface area (TPSA) is 98.0 Å². The summed E-state index contributed by atoms with van der Waals surface area (Å²) in [5.74, 6) is -0.320. The molecule has 7 nitrogen and oxygen atoms in total. The number of carbonyl (C=O) groups excluding carboxylic acids is 1. The van der Waals surface area contributed by atoms with Gasteiger partial charge >= 0.3 is 0 Å². The number of nitro benzene ring substituents is 1. The van der Waals surface area contributed by atoms with Crippen molar-refractivity contribution in [1.82, 2.24) is 10.2 Å². The first-order valence-corrected chi connectivity index (χ1v) is 7.31. The molecule has 0 unspecified atom stereocenters. The average molecular weight is 310 g/mol. The van der Waals surface area contributed by atoms with Gasteiger partial charge in [-0.3, -0.25) is 14.9 Å². The molecule has 0 bridgehead atoms. The van der Waals surface area contributed by atoms with Crippen LogP contribution in [0.5, 0.6) is 0 Å². The van der Waals surface area contributed by atoms with Crippen LogP contribution >= 0.6 is 23.1 Å². The lowest BCUT2D eigenvalue weighted by molar-refractivity contribution is -0.383. The maximum absolute atomic E-state index is 12.0. The quantitative estimate of drug-likeness (QED) is 0.518. The predicted octanol–water partition coefficient (Wildman–Crippen LogP) is 2.57. The van der Waals surface area contributed by atoms with E-state index in [1.54, 1.807) is 24.6 Å². The van der Waals surface area contributed by atoms with Crippen molar-refractivity contribution in [3.63, 3.8) is 0 Å². The molecule has 1 atom stereocenters. The third kappa shape index (κ3) is 3.52. The summed E-state index contributed by atoms with van der Waals surface area (Å²) in [6.07, 6.45) is 0. The lowest BCUT2D eigenvalue weighted by Crippen LogP contribution is -2.22. The molecule has 104 valence electrons. The van der Waals surface area contributed by atoms with Crippen molar-refractivity contribution in [2.75, 3.05) is 5.32 Å². The van der Waals surface area contributed by atoms with Gasteiger partial charge in [-0.1, -0.05) is 35.2 Å². The first-order chi connectivity index (χ1) is 9.58. The van der Waals surface area contributed by atoms with Crippen molar-refractivity contribution in [3.05, 3.63) is 39.9 Å². The fourth-order valence-corrected chi connectivity index (χ4v) is 3.02. The molecular formula is C11H10N4O3S2. The minimum absolute atomic E-state index is 0.131. The third-order valence-corrected chi connectivity index (χ3v) is 4.26. The Morgan fingerprint density at radius 3 is 2.90 bits per heavy atom. The van der Waals surface area contributed by atoms with Crippen LogP contribution in [0.25, 0.3) is 0 Å². The zero-order valence-corrected chi connectivity index (χ0v) is 12.0. The molecule has 0 fully saturated rings. The molecule has 0 aliphatic rings. The number of rotatable bonds is 5. The lowest BCUT2D eigenvalue weighted by atomic mass is 10.2. The first-order valence-electron chi connectivity index (χ1n) is 5.55. The molecule has 20 heavy (non-hydrogen) atoms. The molecular weight excluding hydrogens is 300 g/mol. The number of thioether (sulfide) groups is 1. The number of nitrogens with one attached hydrogen (secondary N) is 1. The Hall–Kier alpha value is -2.00. The summed E-state index contributed by atoms with van der Waals surface area (Å²) >= 11 is 2.59. The molecule has 0 aliphatic heterocycles.